The van der Waals surface area contributed by atoms with E-state index in [1.54, 1.807) is 12.3 Å². The molecule has 1 saturated heterocycles. The van der Waals surface area contributed by atoms with Gasteiger partial charge in [0.1, 0.15) is 24.1 Å². The molecule has 3 N–H and O–H groups in total. The molecule has 2 heterocycles. The fraction of sp³-hybridized carbons (Fsp3) is 0.615. The van der Waals surface area contributed by atoms with Crippen molar-refractivity contribution in [2.45, 2.75) is 31.4 Å². The monoisotopic (exact) mass is 328 g/mol. The summed E-state index contributed by atoms with van der Waals surface area (Å²) >= 11 is 1.48. The molecule has 1 aliphatic heterocycles. The summed E-state index contributed by atoms with van der Waals surface area (Å²) in [7, 11) is 0. The van der Waals surface area contributed by atoms with Crippen molar-refractivity contribution in [3.05, 3.63) is 22.7 Å². The largest absolute Gasteiger partial charge is 0.446 e. The molecule has 0 aliphatic carbocycles. The molecular formula is C13H20N4O4S. The first-order chi connectivity index (χ1) is 10.6. The number of nitrogens with one attached hydrogen (secondary N) is 1. The Balaban J connectivity index is 1.78. The lowest BCUT2D eigenvalue weighted by atomic mass is 10.3. The molecule has 0 aromatic carbocycles. The van der Waals surface area contributed by atoms with Crippen molar-refractivity contribution in [1.29, 1.82) is 0 Å². The number of carbonyl (C=O) groups excluding carboxylic acids is 1. The number of nitrogens with zero attached hydrogens (tertiary/aromatic N) is 2. The number of nitrogen functional groups attached to an aromatic ring is 1. The zero-order valence-electron chi connectivity index (χ0n) is 12.4. The average Bonchev–Trinajstić information content (AvgIpc) is 2.94. The Morgan fingerprint density at radius 1 is 1.68 bits per heavy atom. The van der Waals surface area contributed by atoms with Gasteiger partial charge in [-0.05, 0) is 12.5 Å². The number of hydrogen-bond acceptors (Lipinski definition) is 7. The maximum absolute atomic E-state index is 11.7. The third-order valence-electron chi connectivity index (χ3n) is 3.05. The number of nitrogens with two attached hydrogens (primary N) is 1. The van der Waals surface area contributed by atoms with Crippen molar-refractivity contribution >= 4 is 23.7 Å². The maximum Gasteiger partial charge on any atom is 0.407 e. The minimum Gasteiger partial charge on any atom is -0.446 e. The second kappa shape index (κ2) is 8.04. The predicted molar refractivity (Wildman–Crippen MR) is 83.5 cm³/mol. The van der Waals surface area contributed by atoms with E-state index in [1.165, 1.54) is 16.3 Å². The van der Waals surface area contributed by atoms with Crippen LogP contribution in [0.15, 0.2) is 17.1 Å². The van der Waals surface area contributed by atoms with Crippen LogP contribution in [-0.4, -0.2) is 40.0 Å². The van der Waals surface area contributed by atoms with Gasteiger partial charge in [-0.25, -0.2) is 9.59 Å². The fourth-order valence-corrected chi connectivity index (χ4v) is 2.87. The molecule has 1 aromatic rings. The molecule has 1 aliphatic rings. The molecule has 0 saturated carbocycles. The first-order valence-corrected chi connectivity index (χ1v) is 8.17. The van der Waals surface area contributed by atoms with Crippen LogP contribution in [0.25, 0.3) is 0 Å². The number of unbranched alkanes of at least 4 members (excludes halogenated alkanes) is 1. The lowest BCUT2D eigenvalue weighted by Crippen LogP contribution is -2.30. The van der Waals surface area contributed by atoms with E-state index < -0.39 is 18.0 Å². The minimum absolute atomic E-state index is 0.135. The van der Waals surface area contributed by atoms with Crippen molar-refractivity contribution in [2.24, 2.45) is 0 Å². The highest BCUT2D eigenvalue weighted by molar-refractivity contribution is 8.00. The Hall–Kier alpha value is -1.74. The molecule has 0 radical (unpaired) electrons. The molecule has 1 amide bonds. The zero-order chi connectivity index (χ0) is 15.9. The van der Waals surface area contributed by atoms with E-state index in [4.69, 9.17) is 15.2 Å². The van der Waals surface area contributed by atoms with Gasteiger partial charge in [-0.3, -0.25) is 4.57 Å². The molecule has 0 unspecified atom stereocenters. The molecule has 2 rings (SSSR count). The molecule has 2 atom stereocenters. The van der Waals surface area contributed by atoms with Gasteiger partial charge >= 0.3 is 11.8 Å². The van der Waals surface area contributed by atoms with Gasteiger partial charge in [0.05, 0.1) is 0 Å². The van der Waals surface area contributed by atoms with Gasteiger partial charge in [0.25, 0.3) is 0 Å². The summed E-state index contributed by atoms with van der Waals surface area (Å²) in [6.45, 7) is 2.78. The summed E-state index contributed by atoms with van der Waals surface area (Å²) in [6, 6.07) is 1.54. The highest BCUT2D eigenvalue weighted by Crippen LogP contribution is 2.30. The Bertz CT molecular complexity index is 565. The SMILES string of the molecule is CCCCNC(=O)OC[C@@H]1O[C@H](n2ccc(N)nc2=O)CS1. The van der Waals surface area contributed by atoms with E-state index in [9.17, 15) is 9.59 Å². The number of amides is 1. The highest BCUT2D eigenvalue weighted by atomic mass is 32.2. The number of hydrogen-bond donors (Lipinski definition) is 2. The summed E-state index contributed by atoms with van der Waals surface area (Å²) in [5.74, 6) is 0.757. The molecule has 0 bridgehead atoms. The van der Waals surface area contributed by atoms with Crippen LogP contribution in [0.1, 0.15) is 26.0 Å². The van der Waals surface area contributed by atoms with Gasteiger partial charge in [-0.2, -0.15) is 4.98 Å². The number of ether oxygens (including phenoxy) is 2. The molecule has 9 heteroatoms. The summed E-state index contributed by atoms with van der Waals surface area (Å²) in [5, 5.41) is 2.66. The molecule has 8 nitrogen and oxygen atoms in total. The van der Waals surface area contributed by atoms with E-state index in [1.807, 2.05) is 6.92 Å². The van der Waals surface area contributed by atoms with Gasteiger partial charge < -0.3 is 20.5 Å². The third-order valence-corrected chi connectivity index (χ3v) is 4.14. The minimum atomic E-state index is -0.454. The number of carbonyl (C=O) groups is 1. The second-order valence-electron chi connectivity index (χ2n) is 4.77. The lowest BCUT2D eigenvalue weighted by molar-refractivity contribution is -0.0105. The normalized spacial score (nSPS) is 20.8. The van der Waals surface area contributed by atoms with Crippen molar-refractivity contribution in [1.82, 2.24) is 14.9 Å². The quantitative estimate of drug-likeness (QED) is 0.748. The van der Waals surface area contributed by atoms with Gasteiger partial charge in [0, 0.05) is 18.5 Å². The van der Waals surface area contributed by atoms with E-state index in [0.717, 1.165) is 12.8 Å². The van der Waals surface area contributed by atoms with Gasteiger partial charge in [0.15, 0.2) is 0 Å². The standard InChI is InChI=1S/C13H20N4O4S/c1-2-3-5-15-13(19)20-7-11-21-10(8-22-11)17-6-4-9(14)16-12(17)18/h4,6,10-11H,2-3,5,7-8H2,1H3,(H,15,19)(H2,14,16,18)/t10-,11+/m0/s1. The smallest absolute Gasteiger partial charge is 0.407 e. The van der Waals surface area contributed by atoms with Crippen LogP contribution in [0, 0.1) is 0 Å². The van der Waals surface area contributed by atoms with Crippen LogP contribution < -0.4 is 16.7 Å². The fourth-order valence-electron chi connectivity index (χ4n) is 1.88. The Morgan fingerprint density at radius 2 is 2.50 bits per heavy atom. The first-order valence-electron chi connectivity index (χ1n) is 7.12. The Morgan fingerprint density at radius 3 is 3.23 bits per heavy atom. The van der Waals surface area contributed by atoms with Crippen LogP contribution in [0.4, 0.5) is 10.6 Å². The number of anilines is 1. The molecule has 22 heavy (non-hydrogen) atoms. The lowest BCUT2D eigenvalue weighted by Gasteiger charge is -2.14. The molecule has 122 valence electrons. The predicted octanol–water partition coefficient (Wildman–Crippen LogP) is 0.940. The van der Waals surface area contributed by atoms with Crippen LogP contribution in [0.3, 0.4) is 0 Å². The topological polar surface area (TPSA) is 108 Å². The van der Waals surface area contributed by atoms with Gasteiger partial charge in [-0.1, -0.05) is 13.3 Å². The van der Waals surface area contributed by atoms with Crippen LogP contribution in [0.5, 0.6) is 0 Å². The number of aromatic nitrogens is 2. The van der Waals surface area contributed by atoms with Crippen molar-refractivity contribution < 1.29 is 14.3 Å². The van der Waals surface area contributed by atoms with E-state index >= 15 is 0 Å². The second-order valence-corrected chi connectivity index (χ2v) is 5.97. The van der Waals surface area contributed by atoms with E-state index in [0.29, 0.717) is 12.3 Å². The zero-order valence-corrected chi connectivity index (χ0v) is 13.2. The van der Waals surface area contributed by atoms with Crippen LogP contribution in [-0.2, 0) is 9.47 Å². The van der Waals surface area contributed by atoms with Gasteiger partial charge in [-0.15, -0.1) is 11.8 Å². The molecular weight excluding hydrogens is 308 g/mol. The molecule has 1 aromatic heterocycles. The molecule has 0 spiro atoms. The first kappa shape index (κ1) is 16.6. The summed E-state index contributed by atoms with van der Waals surface area (Å²) < 4.78 is 12.2. The molecule has 1 fully saturated rings. The number of rotatable bonds is 6. The number of alkyl carbamates (subject to hydrolysis) is 1. The summed E-state index contributed by atoms with van der Waals surface area (Å²) in [4.78, 5) is 26.8. The Kier molecular flexibility index (Phi) is 6.08. The van der Waals surface area contributed by atoms with Crippen LogP contribution in [0.2, 0.25) is 0 Å². The Labute approximate surface area is 132 Å². The van der Waals surface area contributed by atoms with E-state index in [-0.39, 0.29) is 17.9 Å². The maximum atomic E-state index is 11.7. The highest BCUT2D eigenvalue weighted by Gasteiger charge is 2.29. The summed E-state index contributed by atoms with van der Waals surface area (Å²) in [5.41, 5.74) is 4.70. The van der Waals surface area contributed by atoms with Crippen molar-refractivity contribution in [3.63, 3.8) is 0 Å². The number of thioether (sulfide) groups is 1. The van der Waals surface area contributed by atoms with Crippen molar-refractivity contribution in [3.8, 4) is 0 Å². The third kappa shape index (κ3) is 4.63. The summed E-state index contributed by atoms with van der Waals surface area (Å²) in [6.07, 6.45) is 2.60. The van der Waals surface area contributed by atoms with Crippen LogP contribution >= 0.6 is 11.8 Å². The average molecular weight is 328 g/mol. The van der Waals surface area contributed by atoms with E-state index in [2.05, 4.69) is 10.3 Å². The van der Waals surface area contributed by atoms with Crippen molar-refractivity contribution in [2.75, 3.05) is 24.6 Å². The van der Waals surface area contributed by atoms with Gasteiger partial charge in [0.2, 0.25) is 0 Å².